The number of carbonyl (C=O) groups excluding carboxylic acids is 2. The lowest BCUT2D eigenvalue weighted by Crippen LogP contribution is -2.64. The Morgan fingerprint density at radius 3 is 2.38 bits per heavy atom. The second-order valence-corrected chi connectivity index (χ2v) is 11.3. The maximum atomic E-state index is 14.0. The van der Waals surface area contributed by atoms with Gasteiger partial charge in [-0.3, -0.25) is 14.3 Å². The standard InChI is InChI=1S/C31H38N4O2/c1-21(2)24-14-16-25(17-15-24)27-18-28-29(36)34(19-23-12-10-22(3)11-13-23)31(4,20-35(28)33-27)30(37)32-26-8-6-5-7-9-26/h10-18,21,26H,5-9,19-20H2,1-4H3,(H,32,37)/t31-/m1/s1. The number of hydrogen-bond acceptors (Lipinski definition) is 3. The van der Waals surface area contributed by atoms with E-state index in [1.165, 1.54) is 12.0 Å². The molecule has 1 fully saturated rings. The van der Waals surface area contributed by atoms with Crippen LogP contribution in [0, 0.1) is 6.92 Å². The lowest BCUT2D eigenvalue weighted by Gasteiger charge is -2.44. The number of nitrogens with zero attached hydrogens (tertiary/aromatic N) is 3. The third-order valence-electron chi connectivity index (χ3n) is 8.06. The summed E-state index contributed by atoms with van der Waals surface area (Å²) in [6.07, 6.45) is 5.49. The van der Waals surface area contributed by atoms with Crippen molar-refractivity contribution in [3.05, 3.63) is 77.0 Å². The smallest absolute Gasteiger partial charge is 0.273 e. The van der Waals surface area contributed by atoms with Crippen LogP contribution in [0.1, 0.15) is 86.0 Å². The molecule has 0 spiro atoms. The van der Waals surface area contributed by atoms with Crippen LogP contribution < -0.4 is 5.32 Å². The normalized spacial score (nSPS) is 20.2. The molecule has 5 rings (SSSR count). The van der Waals surface area contributed by atoms with Crippen LogP contribution in [0.4, 0.5) is 0 Å². The van der Waals surface area contributed by atoms with Crippen LogP contribution in [-0.4, -0.2) is 38.1 Å². The summed E-state index contributed by atoms with van der Waals surface area (Å²) in [6, 6.07) is 18.6. The van der Waals surface area contributed by atoms with Crippen LogP contribution in [0.15, 0.2) is 54.6 Å². The first kappa shape index (κ1) is 25.2. The van der Waals surface area contributed by atoms with Gasteiger partial charge in [-0.15, -0.1) is 0 Å². The summed E-state index contributed by atoms with van der Waals surface area (Å²) in [4.78, 5) is 29.6. The van der Waals surface area contributed by atoms with E-state index in [4.69, 9.17) is 5.10 Å². The van der Waals surface area contributed by atoms with E-state index in [1.54, 1.807) is 9.58 Å². The average Bonchev–Trinajstić information content (AvgIpc) is 3.32. The number of aromatic nitrogens is 2. The summed E-state index contributed by atoms with van der Waals surface area (Å²) >= 11 is 0. The van der Waals surface area contributed by atoms with Gasteiger partial charge in [0.05, 0.1) is 12.2 Å². The van der Waals surface area contributed by atoms with Crippen LogP contribution in [0.5, 0.6) is 0 Å². The van der Waals surface area contributed by atoms with Crippen LogP contribution in [-0.2, 0) is 17.9 Å². The number of fused-ring (bicyclic) bond motifs is 1. The second-order valence-electron chi connectivity index (χ2n) is 11.3. The van der Waals surface area contributed by atoms with Crippen molar-refractivity contribution in [2.45, 2.75) is 90.4 Å². The maximum absolute atomic E-state index is 14.0. The molecule has 0 unspecified atom stereocenters. The minimum atomic E-state index is -1.04. The summed E-state index contributed by atoms with van der Waals surface area (Å²) in [6.45, 7) is 8.97. The van der Waals surface area contributed by atoms with Crippen molar-refractivity contribution in [3.63, 3.8) is 0 Å². The predicted octanol–water partition coefficient (Wildman–Crippen LogP) is 5.85. The zero-order valence-corrected chi connectivity index (χ0v) is 22.5. The van der Waals surface area contributed by atoms with Crippen LogP contribution >= 0.6 is 0 Å². The quantitative estimate of drug-likeness (QED) is 0.464. The molecule has 0 radical (unpaired) electrons. The molecule has 6 heteroatoms. The van der Waals surface area contributed by atoms with E-state index in [-0.39, 0.29) is 17.9 Å². The Labute approximate surface area is 220 Å². The van der Waals surface area contributed by atoms with Crippen LogP contribution in [0.3, 0.4) is 0 Å². The molecule has 0 bridgehead atoms. The minimum Gasteiger partial charge on any atom is -0.351 e. The summed E-state index contributed by atoms with van der Waals surface area (Å²) < 4.78 is 1.74. The van der Waals surface area contributed by atoms with Gasteiger partial charge in [-0.2, -0.15) is 5.10 Å². The van der Waals surface area contributed by atoms with Gasteiger partial charge in [-0.05, 0) is 49.8 Å². The monoisotopic (exact) mass is 498 g/mol. The number of hydrogen-bond donors (Lipinski definition) is 1. The highest BCUT2D eigenvalue weighted by molar-refractivity contribution is 6.00. The number of amides is 2. The number of benzene rings is 2. The lowest BCUT2D eigenvalue weighted by atomic mass is 9.91. The zero-order chi connectivity index (χ0) is 26.2. The molecule has 1 atom stereocenters. The van der Waals surface area contributed by atoms with E-state index in [2.05, 4.69) is 43.4 Å². The Kier molecular flexibility index (Phi) is 6.93. The molecule has 1 aliphatic carbocycles. The van der Waals surface area contributed by atoms with E-state index in [9.17, 15) is 9.59 Å². The third-order valence-corrected chi connectivity index (χ3v) is 8.06. The minimum absolute atomic E-state index is 0.0937. The highest BCUT2D eigenvalue weighted by atomic mass is 16.2. The van der Waals surface area contributed by atoms with Crippen molar-refractivity contribution in [1.29, 1.82) is 0 Å². The lowest BCUT2D eigenvalue weighted by molar-refractivity contribution is -0.134. The SMILES string of the molecule is Cc1ccc(CN2C(=O)c3cc(-c4ccc(C(C)C)cc4)nn3C[C@]2(C)C(=O)NC2CCCCC2)cc1. The van der Waals surface area contributed by atoms with Gasteiger partial charge in [0.2, 0.25) is 5.91 Å². The molecule has 37 heavy (non-hydrogen) atoms. The molecule has 2 amide bonds. The summed E-state index contributed by atoms with van der Waals surface area (Å²) in [7, 11) is 0. The summed E-state index contributed by atoms with van der Waals surface area (Å²) in [5.41, 5.74) is 4.64. The first-order valence-corrected chi connectivity index (χ1v) is 13.6. The Hall–Kier alpha value is -3.41. The van der Waals surface area contributed by atoms with E-state index >= 15 is 0 Å². The van der Waals surface area contributed by atoms with Crippen LogP contribution in [0.25, 0.3) is 11.3 Å². The molecule has 1 saturated carbocycles. The summed E-state index contributed by atoms with van der Waals surface area (Å²) in [5, 5.41) is 8.10. The van der Waals surface area contributed by atoms with Gasteiger partial charge in [0.25, 0.3) is 5.91 Å². The summed E-state index contributed by atoms with van der Waals surface area (Å²) in [5.74, 6) is 0.194. The van der Waals surface area contributed by atoms with Gasteiger partial charge in [-0.1, -0.05) is 87.2 Å². The van der Waals surface area contributed by atoms with Gasteiger partial charge in [0.15, 0.2) is 0 Å². The van der Waals surface area contributed by atoms with E-state index < -0.39 is 5.54 Å². The second kappa shape index (κ2) is 10.2. The van der Waals surface area contributed by atoms with Crippen molar-refractivity contribution < 1.29 is 9.59 Å². The maximum Gasteiger partial charge on any atom is 0.273 e. The Bertz CT molecular complexity index is 1270. The molecule has 2 aromatic carbocycles. The number of rotatable bonds is 6. The van der Waals surface area contributed by atoms with Gasteiger partial charge in [0.1, 0.15) is 11.2 Å². The molecule has 0 saturated heterocycles. The Morgan fingerprint density at radius 2 is 1.73 bits per heavy atom. The number of nitrogens with one attached hydrogen (secondary N) is 1. The van der Waals surface area contributed by atoms with Gasteiger partial charge >= 0.3 is 0 Å². The van der Waals surface area contributed by atoms with Crippen molar-refractivity contribution in [1.82, 2.24) is 20.0 Å². The molecular formula is C31H38N4O2. The topological polar surface area (TPSA) is 67.2 Å². The first-order valence-electron chi connectivity index (χ1n) is 13.6. The fourth-order valence-corrected chi connectivity index (χ4v) is 5.53. The number of aryl methyl sites for hydroxylation is 1. The molecule has 2 heterocycles. The molecule has 3 aromatic rings. The molecule has 1 aromatic heterocycles. The fourth-order valence-electron chi connectivity index (χ4n) is 5.53. The first-order chi connectivity index (χ1) is 17.7. The van der Waals surface area contributed by atoms with Crippen molar-refractivity contribution in [2.24, 2.45) is 0 Å². The Morgan fingerprint density at radius 1 is 1.05 bits per heavy atom. The zero-order valence-electron chi connectivity index (χ0n) is 22.5. The highest BCUT2D eigenvalue weighted by Gasteiger charge is 2.48. The van der Waals surface area contributed by atoms with Crippen molar-refractivity contribution >= 4 is 11.8 Å². The Balaban J connectivity index is 1.49. The molecule has 6 nitrogen and oxygen atoms in total. The van der Waals surface area contributed by atoms with Crippen molar-refractivity contribution in [3.8, 4) is 11.3 Å². The average molecular weight is 499 g/mol. The van der Waals surface area contributed by atoms with E-state index in [1.807, 2.05) is 44.2 Å². The fraction of sp³-hybridized carbons (Fsp3) is 0.452. The molecule has 2 aliphatic rings. The van der Waals surface area contributed by atoms with Gasteiger partial charge in [0, 0.05) is 18.2 Å². The van der Waals surface area contributed by atoms with E-state index in [0.717, 1.165) is 48.1 Å². The largest absolute Gasteiger partial charge is 0.351 e. The molecule has 1 aliphatic heterocycles. The highest BCUT2D eigenvalue weighted by Crippen LogP contribution is 2.32. The number of carbonyl (C=O) groups is 2. The molecular weight excluding hydrogens is 460 g/mol. The van der Waals surface area contributed by atoms with Crippen LogP contribution in [0.2, 0.25) is 0 Å². The molecule has 1 N–H and O–H groups in total. The predicted molar refractivity (Wildman–Crippen MR) is 146 cm³/mol. The van der Waals surface area contributed by atoms with E-state index in [0.29, 0.717) is 24.7 Å². The third kappa shape index (κ3) is 5.07. The van der Waals surface area contributed by atoms with Gasteiger partial charge in [-0.25, -0.2) is 0 Å². The van der Waals surface area contributed by atoms with Crippen molar-refractivity contribution in [2.75, 3.05) is 0 Å². The van der Waals surface area contributed by atoms with Gasteiger partial charge < -0.3 is 10.2 Å². The molecule has 194 valence electrons.